The van der Waals surface area contributed by atoms with Crippen molar-refractivity contribution in [2.75, 3.05) is 0 Å². The summed E-state index contributed by atoms with van der Waals surface area (Å²) < 4.78 is 14.5. The van der Waals surface area contributed by atoms with Crippen molar-refractivity contribution in [2.45, 2.75) is 90.4 Å². The predicted octanol–water partition coefficient (Wildman–Crippen LogP) is 5.39. The lowest BCUT2D eigenvalue weighted by Gasteiger charge is -2.51. The minimum Gasteiger partial charge on any atom is -0.353 e. The molecule has 1 amide bonds. The predicted molar refractivity (Wildman–Crippen MR) is 153 cm³/mol. The zero-order valence-corrected chi connectivity index (χ0v) is 24.0. The Labute approximate surface area is 222 Å². The normalized spacial score (nSPS) is 19.2. The molecule has 0 bridgehead atoms. The smallest absolute Gasteiger partial charge is 0.224 e. The number of hydrogen-bond donors (Lipinski definition) is 3. The summed E-state index contributed by atoms with van der Waals surface area (Å²) >= 11 is 0. The van der Waals surface area contributed by atoms with Gasteiger partial charge in [0, 0.05) is 40.2 Å². The van der Waals surface area contributed by atoms with Crippen LogP contribution in [0.15, 0.2) is 72.8 Å². The van der Waals surface area contributed by atoms with Gasteiger partial charge in [0.2, 0.25) is 13.2 Å². The van der Waals surface area contributed by atoms with Crippen molar-refractivity contribution in [1.82, 2.24) is 15.5 Å². The average molecular weight is 526 g/mol. The highest BCUT2D eigenvalue weighted by Crippen LogP contribution is 2.40. The maximum atomic E-state index is 14.5. The Morgan fingerprint density at radius 2 is 1.49 bits per heavy atom. The van der Waals surface area contributed by atoms with Crippen molar-refractivity contribution in [3.63, 3.8) is 0 Å². The second-order valence-electron chi connectivity index (χ2n) is 11.9. The molecule has 0 spiro atoms. The quantitative estimate of drug-likeness (QED) is 0.286. The van der Waals surface area contributed by atoms with Gasteiger partial charge in [0.05, 0.1) is 0 Å². The van der Waals surface area contributed by atoms with Gasteiger partial charge >= 0.3 is 0 Å². The van der Waals surface area contributed by atoms with Gasteiger partial charge in [0.15, 0.2) is 0 Å². The second-order valence-corrected chi connectivity index (χ2v) is 14.4. The number of amides is 1. The molecule has 1 unspecified atom stereocenters. The van der Waals surface area contributed by atoms with Gasteiger partial charge in [-0.3, -0.25) is 14.4 Å². The Morgan fingerprint density at radius 1 is 1.00 bits per heavy atom. The number of benzene rings is 2. The first kappa shape index (κ1) is 29.3. The lowest BCUT2D eigenvalue weighted by Crippen LogP contribution is -2.62. The van der Waals surface area contributed by atoms with Crippen LogP contribution in [0.1, 0.15) is 67.2 Å². The number of hydroxylamine groups is 2. The summed E-state index contributed by atoms with van der Waals surface area (Å²) in [4.78, 5) is 12.8. The highest BCUT2D eigenvalue weighted by atomic mass is 31.2. The number of carbonyl (C=O) groups excluding carboxylic acids is 1. The molecule has 0 aliphatic carbocycles. The Hall–Kier alpha value is -2.24. The zero-order valence-electron chi connectivity index (χ0n) is 23.1. The summed E-state index contributed by atoms with van der Waals surface area (Å²) in [5.74, 6) is 0.334. The van der Waals surface area contributed by atoms with E-state index in [-0.39, 0.29) is 24.4 Å². The van der Waals surface area contributed by atoms with Crippen LogP contribution in [0.3, 0.4) is 0 Å². The van der Waals surface area contributed by atoms with Crippen LogP contribution in [0.25, 0.3) is 0 Å². The van der Waals surface area contributed by atoms with E-state index in [0.29, 0.717) is 18.8 Å². The molecule has 3 rings (SSSR count). The molecule has 202 valence electrons. The molecule has 1 fully saturated rings. The molecule has 2 aromatic carbocycles. The fourth-order valence-corrected chi connectivity index (χ4v) is 7.93. The van der Waals surface area contributed by atoms with Crippen LogP contribution in [0, 0.1) is 5.92 Å². The van der Waals surface area contributed by atoms with Crippen molar-refractivity contribution in [2.24, 2.45) is 5.92 Å². The minimum atomic E-state index is -3.09. The number of nitrogens with one attached hydrogen (secondary N) is 2. The first-order chi connectivity index (χ1) is 17.3. The van der Waals surface area contributed by atoms with E-state index in [9.17, 15) is 14.6 Å². The van der Waals surface area contributed by atoms with Crippen LogP contribution < -0.4 is 21.0 Å². The lowest BCUT2D eigenvalue weighted by atomic mass is 9.79. The molecule has 37 heavy (non-hydrogen) atoms. The van der Waals surface area contributed by atoms with Gasteiger partial charge in [0.25, 0.3) is 0 Å². The molecule has 3 N–H and O–H groups in total. The molecule has 1 saturated heterocycles. The van der Waals surface area contributed by atoms with E-state index in [4.69, 9.17) is 0 Å². The molecular formula is C30H44N3O3P. The number of rotatable bonds is 10. The topological polar surface area (TPSA) is 81.7 Å². The molecule has 6 nitrogen and oxygen atoms in total. The Morgan fingerprint density at radius 3 is 1.95 bits per heavy atom. The fraction of sp³-hybridized carbons (Fsp3) is 0.500. The van der Waals surface area contributed by atoms with E-state index < -0.39 is 18.4 Å². The molecule has 0 aromatic heterocycles. The Kier molecular flexibility index (Phi) is 9.57. The van der Waals surface area contributed by atoms with Gasteiger partial charge in [-0.15, -0.1) is 0 Å². The Balaban J connectivity index is 1.73. The summed E-state index contributed by atoms with van der Waals surface area (Å²) in [7, 11) is -3.09. The first-order valence-electron chi connectivity index (χ1n) is 13.3. The molecule has 0 saturated carbocycles. The zero-order chi connectivity index (χ0) is 27.3. The summed E-state index contributed by atoms with van der Waals surface area (Å²) in [5, 5.41) is 20.1. The molecule has 0 radical (unpaired) electrons. The van der Waals surface area contributed by atoms with E-state index in [1.165, 1.54) is 5.06 Å². The van der Waals surface area contributed by atoms with Gasteiger partial charge in [0.1, 0.15) is 0 Å². The fourth-order valence-electron chi connectivity index (χ4n) is 5.49. The SMILES string of the molecule is CC(C)CC(/C=C\CC(=O)NC1CC(C)(C)N(O)C(C)(C)C1)NP(=O)(c1ccccc1)c1ccccc1. The van der Waals surface area contributed by atoms with Crippen LogP contribution in [0.2, 0.25) is 0 Å². The second kappa shape index (κ2) is 12.1. The third kappa shape index (κ3) is 7.64. The van der Waals surface area contributed by atoms with Gasteiger partial charge in [-0.1, -0.05) is 62.4 Å². The molecule has 1 aliphatic heterocycles. The van der Waals surface area contributed by atoms with Crippen molar-refractivity contribution in [3.05, 3.63) is 72.8 Å². The third-order valence-corrected chi connectivity index (χ3v) is 9.73. The summed E-state index contributed by atoms with van der Waals surface area (Å²) in [6.45, 7) is 12.3. The van der Waals surface area contributed by atoms with Crippen LogP contribution in [-0.2, 0) is 9.36 Å². The molecular weight excluding hydrogens is 481 g/mol. The monoisotopic (exact) mass is 525 g/mol. The minimum absolute atomic E-state index is 0.00438. The van der Waals surface area contributed by atoms with Crippen LogP contribution in [0.5, 0.6) is 0 Å². The van der Waals surface area contributed by atoms with Gasteiger partial charge in [-0.2, -0.15) is 5.06 Å². The van der Waals surface area contributed by atoms with Gasteiger partial charge in [-0.25, -0.2) is 0 Å². The first-order valence-corrected chi connectivity index (χ1v) is 15.0. The van der Waals surface area contributed by atoms with E-state index in [2.05, 4.69) is 24.3 Å². The summed E-state index contributed by atoms with van der Waals surface area (Å²) in [6.07, 6.45) is 6.26. The highest BCUT2D eigenvalue weighted by molar-refractivity contribution is 7.76. The summed E-state index contributed by atoms with van der Waals surface area (Å²) in [6, 6.07) is 19.0. The third-order valence-electron chi connectivity index (χ3n) is 6.99. The maximum Gasteiger partial charge on any atom is 0.224 e. The van der Waals surface area contributed by atoms with E-state index >= 15 is 0 Å². The number of piperidine rings is 1. The van der Waals surface area contributed by atoms with Crippen molar-refractivity contribution in [1.29, 1.82) is 0 Å². The van der Waals surface area contributed by atoms with Crippen LogP contribution in [0.4, 0.5) is 0 Å². The van der Waals surface area contributed by atoms with E-state index in [1.807, 2.05) is 101 Å². The standard InChI is InChI=1S/C30H44N3O3P/c1-23(2)20-24(32-37(36,26-15-9-7-10-16-26)27-17-11-8-12-18-27)14-13-19-28(34)31-25-21-29(3,4)33(35)30(5,6)22-25/h7-18,23-25,35H,19-22H2,1-6H3,(H,31,34)(H,32,36)/b14-13-. The van der Waals surface area contributed by atoms with Gasteiger partial charge < -0.3 is 10.5 Å². The van der Waals surface area contributed by atoms with E-state index in [0.717, 1.165) is 17.0 Å². The van der Waals surface area contributed by atoms with Crippen molar-refractivity contribution < 1.29 is 14.6 Å². The number of carbonyl (C=O) groups is 1. The maximum absolute atomic E-state index is 14.5. The van der Waals surface area contributed by atoms with Crippen LogP contribution in [-0.4, -0.2) is 39.3 Å². The molecule has 2 aromatic rings. The van der Waals surface area contributed by atoms with Gasteiger partial charge in [-0.05, 0) is 77.1 Å². The number of nitrogens with zero attached hydrogens (tertiary/aromatic N) is 1. The highest BCUT2D eigenvalue weighted by Gasteiger charge is 2.45. The molecule has 7 heteroatoms. The van der Waals surface area contributed by atoms with Crippen molar-refractivity contribution >= 4 is 23.8 Å². The molecule has 1 aliphatic rings. The lowest BCUT2D eigenvalue weighted by molar-refractivity contribution is -0.246. The number of hydrogen-bond acceptors (Lipinski definition) is 4. The van der Waals surface area contributed by atoms with E-state index in [1.54, 1.807) is 0 Å². The average Bonchev–Trinajstić information content (AvgIpc) is 2.82. The molecule has 1 heterocycles. The van der Waals surface area contributed by atoms with Crippen molar-refractivity contribution in [3.8, 4) is 0 Å². The molecule has 1 atom stereocenters. The largest absolute Gasteiger partial charge is 0.353 e. The van der Waals surface area contributed by atoms with Crippen LogP contribution >= 0.6 is 7.29 Å². The summed E-state index contributed by atoms with van der Waals surface area (Å²) in [5.41, 5.74) is -0.838. The Bertz CT molecular complexity index is 1040.